The molecule has 1 N–H and O–H groups in total. The zero-order valence-electron chi connectivity index (χ0n) is 6.13. The SMILES string of the molecule is N#Cc1cc(F)c2cc[nH]c2c1. The summed E-state index contributed by atoms with van der Waals surface area (Å²) in [4.78, 5) is 2.84. The quantitative estimate of drug-likeness (QED) is 0.630. The fraction of sp³-hybridized carbons (Fsp3) is 0. The van der Waals surface area contributed by atoms with Crippen LogP contribution in [0.3, 0.4) is 0 Å². The maximum Gasteiger partial charge on any atom is 0.133 e. The largest absolute Gasteiger partial charge is 0.361 e. The van der Waals surface area contributed by atoms with E-state index in [1.165, 1.54) is 6.07 Å². The molecule has 2 rings (SSSR count). The van der Waals surface area contributed by atoms with Crippen LogP contribution in [0.15, 0.2) is 24.4 Å². The van der Waals surface area contributed by atoms with Gasteiger partial charge in [0.1, 0.15) is 5.82 Å². The Bertz CT molecular complexity index is 465. The zero-order chi connectivity index (χ0) is 8.55. The van der Waals surface area contributed by atoms with Gasteiger partial charge in [0, 0.05) is 17.1 Å². The van der Waals surface area contributed by atoms with Gasteiger partial charge in [0.2, 0.25) is 0 Å². The Labute approximate surface area is 68.2 Å². The predicted octanol–water partition coefficient (Wildman–Crippen LogP) is 2.18. The summed E-state index contributed by atoms with van der Waals surface area (Å²) in [5.74, 6) is -0.356. The zero-order valence-corrected chi connectivity index (χ0v) is 6.13. The van der Waals surface area contributed by atoms with E-state index in [0.29, 0.717) is 16.5 Å². The van der Waals surface area contributed by atoms with E-state index in [4.69, 9.17) is 5.26 Å². The highest BCUT2D eigenvalue weighted by molar-refractivity contribution is 5.81. The number of fused-ring (bicyclic) bond motifs is 1. The van der Waals surface area contributed by atoms with Crippen LogP contribution in [0.2, 0.25) is 0 Å². The van der Waals surface area contributed by atoms with Crippen LogP contribution in [-0.4, -0.2) is 4.98 Å². The van der Waals surface area contributed by atoms with Crippen LogP contribution < -0.4 is 0 Å². The van der Waals surface area contributed by atoms with Gasteiger partial charge in [0.25, 0.3) is 0 Å². The molecule has 0 spiro atoms. The molecule has 0 saturated carbocycles. The number of rotatable bonds is 0. The first-order valence-corrected chi connectivity index (χ1v) is 3.48. The lowest BCUT2D eigenvalue weighted by Gasteiger charge is -1.92. The second-order valence-corrected chi connectivity index (χ2v) is 2.51. The Morgan fingerprint density at radius 2 is 2.25 bits per heavy atom. The van der Waals surface area contributed by atoms with E-state index in [2.05, 4.69) is 4.98 Å². The minimum atomic E-state index is -0.356. The highest BCUT2D eigenvalue weighted by atomic mass is 19.1. The van der Waals surface area contributed by atoms with Gasteiger partial charge in [-0.2, -0.15) is 5.26 Å². The van der Waals surface area contributed by atoms with Crippen molar-refractivity contribution in [3.05, 3.63) is 35.8 Å². The molecule has 0 unspecified atom stereocenters. The van der Waals surface area contributed by atoms with Crippen molar-refractivity contribution in [1.82, 2.24) is 4.98 Å². The fourth-order valence-electron chi connectivity index (χ4n) is 1.19. The lowest BCUT2D eigenvalue weighted by Crippen LogP contribution is -1.80. The number of aromatic amines is 1. The van der Waals surface area contributed by atoms with Crippen molar-refractivity contribution in [2.24, 2.45) is 0 Å². The number of benzene rings is 1. The summed E-state index contributed by atoms with van der Waals surface area (Å²) in [6.45, 7) is 0. The molecule has 1 aromatic heterocycles. The number of hydrogen-bond acceptors (Lipinski definition) is 1. The summed E-state index contributed by atoms with van der Waals surface area (Å²) in [5.41, 5.74) is 0.994. The predicted molar refractivity (Wildman–Crippen MR) is 43.0 cm³/mol. The van der Waals surface area contributed by atoms with Crippen LogP contribution >= 0.6 is 0 Å². The molecule has 0 aliphatic carbocycles. The molecule has 3 heteroatoms. The fourth-order valence-corrected chi connectivity index (χ4v) is 1.19. The minimum Gasteiger partial charge on any atom is -0.361 e. The van der Waals surface area contributed by atoms with Crippen LogP contribution in [0.1, 0.15) is 5.56 Å². The maximum absolute atomic E-state index is 13.1. The second-order valence-electron chi connectivity index (χ2n) is 2.51. The first kappa shape index (κ1) is 6.86. The molecular formula is C9H5FN2. The van der Waals surface area contributed by atoms with E-state index in [1.807, 2.05) is 6.07 Å². The number of nitrogens with zero attached hydrogens (tertiary/aromatic N) is 1. The lowest BCUT2D eigenvalue weighted by molar-refractivity contribution is 0.639. The molecule has 58 valence electrons. The number of halogens is 1. The molecule has 0 amide bonds. The molecule has 12 heavy (non-hydrogen) atoms. The minimum absolute atomic E-state index is 0.336. The monoisotopic (exact) mass is 160 g/mol. The standard InChI is InChI=1S/C9H5FN2/c10-8-3-6(5-11)4-9-7(8)1-2-12-9/h1-4,12H. The topological polar surface area (TPSA) is 39.6 Å². The molecule has 2 nitrogen and oxygen atoms in total. The van der Waals surface area contributed by atoms with Gasteiger partial charge in [-0.15, -0.1) is 0 Å². The van der Waals surface area contributed by atoms with Crippen LogP contribution in [0.5, 0.6) is 0 Å². The van der Waals surface area contributed by atoms with Gasteiger partial charge in [0.15, 0.2) is 0 Å². The summed E-state index contributed by atoms with van der Waals surface area (Å²) in [6, 6.07) is 6.39. The Kier molecular flexibility index (Phi) is 1.34. The van der Waals surface area contributed by atoms with Gasteiger partial charge < -0.3 is 4.98 Å². The first-order chi connectivity index (χ1) is 5.81. The van der Waals surface area contributed by atoms with E-state index < -0.39 is 0 Å². The number of H-pyrrole nitrogens is 1. The number of hydrogen-bond donors (Lipinski definition) is 1. The van der Waals surface area contributed by atoms with Gasteiger partial charge in [-0.25, -0.2) is 4.39 Å². The number of aromatic nitrogens is 1. The van der Waals surface area contributed by atoms with Gasteiger partial charge in [0.05, 0.1) is 11.6 Å². The average Bonchev–Trinajstić information content (AvgIpc) is 2.52. The molecule has 1 aromatic carbocycles. The third-order valence-corrected chi connectivity index (χ3v) is 1.75. The van der Waals surface area contributed by atoms with E-state index >= 15 is 0 Å². The number of nitriles is 1. The van der Waals surface area contributed by atoms with Crippen molar-refractivity contribution < 1.29 is 4.39 Å². The van der Waals surface area contributed by atoms with Gasteiger partial charge >= 0.3 is 0 Å². The third-order valence-electron chi connectivity index (χ3n) is 1.75. The Balaban J connectivity index is 2.86. The highest BCUT2D eigenvalue weighted by Crippen LogP contribution is 2.17. The molecule has 0 aliphatic heterocycles. The number of nitrogens with one attached hydrogen (secondary N) is 1. The van der Waals surface area contributed by atoms with Gasteiger partial charge in [-0.05, 0) is 18.2 Å². The smallest absolute Gasteiger partial charge is 0.133 e. The Morgan fingerprint density at radius 1 is 1.42 bits per heavy atom. The second kappa shape index (κ2) is 2.35. The molecule has 0 saturated heterocycles. The summed E-state index contributed by atoms with van der Waals surface area (Å²) in [5, 5.41) is 9.05. The van der Waals surface area contributed by atoms with Gasteiger partial charge in [-0.1, -0.05) is 0 Å². The van der Waals surface area contributed by atoms with Gasteiger partial charge in [-0.3, -0.25) is 0 Å². The van der Waals surface area contributed by atoms with Crippen LogP contribution in [0, 0.1) is 17.1 Å². The Hall–Kier alpha value is -1.82. The van der Waals surface area contributed by atoms with Crippen molar-refractivity contribution >= 4 is 10.9 Å². The maximum atomic E-state index is 13.1. The molecular weight excluding hydrogens is 155 g/mol. The van der Waals surface area contributed by atoms with Crippen LogP contribution in [0.4, 0.5) is 4.39 Å². The highest BCUT2D eigenvalue weighted by Gasteiger charge is 2.02. The summed E-state index contributed by atoms with van der Waals surface area (Å²) < 4.78 is 13.1. The molecule has 0 bridgehead atoms. The van der Waals surface area contributed by atoms with Crippen molar-refractivity contribution in [2.45, 2.75) is 0 Å². The normalized spacial score (nSPS) is 10.0. The molecule has 0 fully saturated rings. The van der Waals surface area contributed by atoms with Crippen molar-refractivity contribution in [2.75, 3.05) is 0 Å². The molecule has 1 heterocycles. The Morgan fingerprint density at radius 3 is 3.00 bits per heavy atom. The van der Waals surface area contributed by atoms with Crippen LogP contribution in [0.25, 0.3) is 10.9 Å². The first-order valence-electron chi connectivity index (χ1n) is 3.48. The summed E-state index contributed by atoms with van der Waals surface area (Å²) in [6.07, 6.45) is 1.65. The molecule has 2 aromatic rings. The molecule has 0 aliphatic rings. The van der Waals surface area contributed by atoms with Crippen molar-refractivity contribution in [3.8, 4) is 6.07 Å². The lowest BCUT2D eigenvalue weighted by atomic mass is 10.2. The van der Waals surface area contributed by atoms with Crippen LogP contribution in [-0.2, 0) is 0 Å². The summed E-state index contributed by atoms with van der Waals surface area (Å²) in [7, 11) is 0. The summed E-state index contributed by atoms with van der Waals surface area (Å²) >= 11 is 0. The van der Waals surface area contributed by atoms with E-state index in [1.54, 1.807) is 18.3 Å². The van der Waals surface area contributed by atoms with Crippen molar-refractivity contribution in [3.63, 3.8) is 0 Å². The van der Waals surface area contributed by atoms with E-state index in [0.717, 1.165) is 0 Å². The van der Waals surface area contributed by atoms with E-state index in [-0.39, 0.29) is 5.82 Å². The molecule has 0 atom stereocenters. The molecule has 0 radical (unpaired) electrons. The van der Waals surface area contributed by atoms with E-state index in [9.17, 15) is 4.39 Å². The average molecular weight is 160 g/mol. The van der Waals surface area contributed by atoms with Crippen molar-refractivity contribution in [1.29, 1.82) is 5.26 Å². The third kappa shape index (κ3) is 0.857.